The molecule has 0 rings (SSSR count). The molecular formula is C18H41BF4P-. The van der Waals surface area contributed by atoms with Crippen LogP contribution in [0.1, 0.15) is 91.9 Å². The Balaban J connectivity index is 0. The Labute approximate surface area is 149 Å². The SMILES string of the molecule is CCCCCC[PH](CCCC)(CCCC)CCCC.F[B-](F)(F)F. The van der Waals surface area contributed by atoms with E-state index in [1.54, 1.807) is 24.6 Å². The van der Waals surface area contributed by atoms with Crippen molar-refractivity contribution in [2.75, 3.05) is 24.6 Å². The molecule has 0 radical (unpaired) electrons. The van der Waals surface area contributed by atoms with E-state index in [2.05, 4.69) is 27.7 Å². The Kier molecular flexibility index (Phi) is 18.4. The number of unbranched alkanes of at least 4 members (excludes halogenated alkanes) is 6. The van der Waals surface area contributed by atoms with E-state index in [-0.39, 0.29) is 0 Å². The van der Waals surface area contributed by atoms with Crippen LogP contribution in [0.4, 0.5) is 17.3 Å². The van der Waals surface area contributed by atoms with Gasteiger partial charge in [-0.15, -0.1) is 0 Å². The van der Waals surface area contributed by atoms with Gasteiger partial charge in [-0.25, -0.2) is 0 Å². The van der Waals surface area contributed by atoms with Gasteiger partial charge >= 0.3 is 131 Å². The summed E-state index contributed by atoms with van der Waals surface area (Å²) in [5.74, 6) is 0. The molecule has 0 saturated carbocycles. The van der Waals surface area contributed by atoms with Gasteiger partial charge in [-0.05, 0) is 0 Å². The third-order valence-electron chi connectivity index (χ3n) is 4.74. The quantitative estimate of drug-likeness (QED) is 0.125. The molecule has 0 atom stereocenters. The molecule has 0 spiro atoms. The van der Waals surface area contributed by atoms with Gasteiger partial charge in [-0.2, -0.15) is 0 Å². The zero-order chi connectivity index (χ0) is 18.9. The second-order valence-corrected chi connectivity index (χ2v) is 12.1. The molecule has 24 heavy (non-hydrogen) atoms. The summed E-state index contributed by atoms with van der Waals surface area (Å²) in [5.41, 5.74) is 0. The Hall–Kier alpha value is 0.215. The average molecular weight is 375 g/mol. The van der Waals surface area contributed by atoms with E-state index < -0.39 is 14.5 Å². The molecule has 0 aromatic rings. The van der Waals surface area contributed by atoms with Gasteiger partial charge in [0.05, 0.1) is 0 Å². The molecule has 0 unspecified atom stereocenters. The molecule has 150 valence electrons. The molecule has 0 fully saturated rings. The first-order valence-corrected chi connectivity index (χ1v) is 12.9. The third-order valence-corrected chi connectivity index (χ3v) is 10.4. The van der Waals surface area contributed by atoms with Crippen molar-refractivity contribution in [1.82, 2.24) is 0 Å². The maximum Gasteiger partial charge on any atom is 0.673 e. The Morgan fingerprint density at radius 3 is 1.08 bits per heavy atom. The fourth-order valence-corrected chi connectivity index (χ4v) is 9.14. The van der Waals surface area contributed by atoms with E-state index >= 15 is 0 Å². The van der Waals surface area contributed by atoms with Crippen molar-refractivity contribution in [1.29, 1.82) is 0 Å². The van der Waals surface area contributed by atoms with Gasteiger partial charge in [-0.3, -0.25) is 0 Å². The van der Waals surface area contributed by atoms with Crippen molar-refractivity contribution < 1.29 is 17.3 Å². The molecule has 0 aliphatic carbocycles. The number of hydrogen-bond acceptors (Lipinski definition) is 0. The Morgan fingerprint density at radius 2 is 0.792 bits per heavy atom. The maximum atomic E-state index is 9.75. The van der Waals surface area contributed by atoms with Gasteiger partial charge in [0.25, 0.3) is 0 Å². The predicted octanol–water partition coefficient (Wildman–Crippen LogP) is 8.02. The number of rotatable bonds is 14. The van der Waals surface area contributed by atoms with Gasteiger partial charge in [0.1, 0.15) is 0 Å². The molecule has 0 aromatic heterocycles. The fourth-order valence-electron chi connectivity index (χ4n) is 3.33. The molecule has 0 bridgehead atoms. The number of hydrogen-bond donors (Lipinski definition) is 0. The fraction of sp³-hybridized carbons (Fsp3) is 1.00. The Bertz CT molecular complexity index is 232. The number of halogens is 4. The van der Waals surface area contributed by atoms with Gasteiger partial charge in [0.2, 0.25) is 0 Å². The van der Waals surface area contributed by atoms with Crippen molar-refractivity contribution in [2.24, 2.45) is 0 Å². The smallest absolute Gasteiger partial charge is 0.418 e. The van der Waals surface area contributed by atoms with Crippen molar-refractivity contribution in [3.05, 3.63) is 0 Å². The van der Waals surface area contributed by atoms with E-state index in [1.165, 1.54) is 64.2 Å². The van der Waals surface area contributed by atoms with Crippen LogP contribution in [-0.2, 0) is 0 Å². The van der Waals surface area contributed by atoms with Crippen LogP contribution in [0.15, 0.2) is 0 Å². The topological polar surface area (TPSA) is 0 Å². The van der Waals surface area contributed by atoms with E-state index in [9.17, 15) is 17.3 Å². The standard InChI is InChI=1S/C18H41P.BF4/c1-5-9-13-14-18-19(15-10-6-2,16-11-7-3)17-12-8-4;2-1(3,4)5/h19H,5-18H2,1-4H3;/q;-1. The molecule has 6 heteroatoms. The molecule has 0 amide bonds. The largest absolute Gasteiger partial charge is 0.673 e. The van der Waals surface area contributed by atoms with Crippen LogP contribution in [0, 0.1) is 0 Å². The summed E-state index contributed by atoms with van der Waals surface area (Å²) in [4.78, 5) is 0. The monoisotopic (exact) mass is 375 g/mol. The van der Waals surface area contributed by atoms with Gasteiger partial charge < -0.3 is 17.3 Å². The molecular weight excluding hydrogens is 334 g/mol. The summed E-state index contributed by atoms with van der Waals surface area (Å²) in [6.45, 7) is 9.44. The van der Waals surface area contributed by atoms with Gasteiger partial charge in [-0.1, -0.05) is 0 Å². The average Bonchev–Trinajstić information content (AvgIpc) is 2.51. The molecule has 0 nitrogen and oxygen atoms in total. The molecule has 0 N–H and O–H groups in total. The van der Waals surface area contributed by atoms with Crippen LogP contribution in [0.2, 0.25) is 0 Å². The second-order valence-electron chi connectivity index (χ2n) is 7.12. The summed E-state index contributed by atoms with van der Waals surface area (Å²) in [5, 5.41) is 0. The zero-order valence-corrected chi connectivity index (χ0v) is 17.5. The van der Waals surface area contributed by atoms with Crippen molar-refractivity contribution >= 4 is 14.5 Å². The van der Waals surface area contributed by atoms with E-state index in [0.29, 0.717) is 0 Å². The maximum absolute atomic E-state index is 9.75. The third kappa shape index (κ3) is 20.3. The van der Waals surface area contributed by atoms with Crippen LogP contribution in [0.5, 0.6) is 0 Å². The van der Waals surface area contributed by atoms with Crippen molar-refractivity contribution in [2.45, 2.75) is 91.9 Å². The molecule has 0 aliphatic heterocycles. The summed E-state index contributed by atoms with van der Waals surface area (Å²) in [6, 6.07) is 0. The minimum Gasteiger partial charge on any atom is -0.418 e. The first-order valence-electron chi connectivity index (χ1n) is 10.1. The minimum atomic E-state index is -6.00. The summed E-state index contributed by atoms with van der Waals surface area (Å²) in [7, 11) is -6.91. The first-order chi connectivity index (χ1) is 11.2. The van der Waals surface area contributed by atoms with E-state index in [0.717, 1.165) is 0 Å². The molecule has 0 heterocycles. The molecule has 0 saturated heterocycles. The summed E-state index contributed by atoms with van der Waals surface area (Å²) < 4.78 is 39.0. The van der Waals surface area contributed by atoms with Crippen LogP contribution < -0.4 is 0 Å². The van der Waals surface area contributed by atoms with Crippen molar-refractivity contribution in [3.8, 4) is 0 Å². The Morgan fingerprint density at radius 1 is 0.500 bits per heavy atom. The van der Waals surface area contributed by atoms with Crippen LogP contribution in [0.25, 0.3) is 0 Å². The van der Waals surface area contributed by atoms with Crippen molar-refractivity contribution in [3.63, 3.8) is 0 Å². The molecule has 0 aliphatic rings. The van der Waals surface area contributed by atoms with Crippen LogP contribution in [0.3, 0.4) is 0 Å². The summed E-state index contributed by atoms with van der Waals surface area (Å²) in [6.07, 6.45) is 21.2. The zero-order valence-electron chi connectivity index (χ0n) is 16.5. The minimum absolute atomic E-state index is 0.908. The van der Waals surface area contributed by atoms with Gasteiger partial charge in [0.15, 0.2) is 0 Å². The van der Waals surface area contributed by atoms with Gasteiger partial charge in [0, 0.05) is 0 Å². The second kappa shape index (κ2) is 16.7. The van der Waals surface area contributed by atoms with E-state index in [4.69, 9.17) is 0 Å². The molecule has 0 aromatic carbocycles. The van der Waals surface area contributed by atoms with Crippen LogP contribution >= 0.6 is 7.26 Å². The first kappa shape index (κ1) is 26.4. The van der Waals surface area contributed by atoms with Crippen LogP contribution in [-0.4, -0.2) is 31.9 Å². The predicted molar refractivity (Wildman–Crippen MR) is 107 cm³/mol. The summed E-state index contributed by atoms with van der Waals surface area (Å²) >= 11 is 0. The van der Waals surface area contributed by atoms with E-state index in [1.807, 2.05) is 0 Å². The normalized spacial score (nSPS) is 12.7.